The van der Waals surface area contributed by atoms with Gasteiger partial charge in [-0.05, 0) is 47.1 Å². The number of carbonyl (C=O) groups is 1. The number of carbonyl (C=O) groups excluding carboxylic acids is 1. The van der Waals surface area contributed by atoms with Crippen LogP contribution in [0.4, 0.5) is 0 Å². The first-order valence-electron chi connectivity index (χ1n) is 6.54. The first-order valence-corrected chi connectivity index (χ1v) is 6.54. The molecule has 2 N–H and O–H groups in total. The van der Waals surface area contributed by atoms with Gasteiger partial charge in [-0.2, -0.15) is 0 Å². The Bertz CT molecular complexity index is 276. The molecule has 0 bridgehead atoms. The zero-order valence-electron chi connectivity index (χ0n) is 11.9. The van der Waals surface area contributed by atoms with Crippen LogP contribution >= 0.6 is 0 Å². The fourth-order valence-electron chi connectivity index (χ4n) is 2.96. The van der Waals surface area contributed by atoms with Crippen molar-refractivity contribution in [3.63, 3.8) is 0 Å². The van der Waals surface area contributed by atoms with Gasteiger partial charge in [0.2, 0.25) is 5.91 Å². The Morgan fingerprint density at radius 2 is 2.06 bits per heavy atom. The van der Waals surface area contributed by atoms with Crippen molar-refractivity contribution in [2.75, 3.05) is 20.1 Å². The van der Waals surface area contributed by atoms with Crippen molar-refractivity contribution >= 4 is 5.91 Å². The molecular weight excluding hydrogens is 214 g/mol. The van der Waals surface area contributed by atoms with Crippen LogP contribution in [0.15, 0.2) is 0 Å². The first-order chi connectivity index (χ1) is 7.81. The zero-order valence-corrected chi connectivity index (χ0v) is 11.9. The quantitative estimate of drug-likeness (QED) is 0.803. The van der Waals surface area contributed by atoms with Crippen molar-refractivity contribution in [3.8, 4) is 0 Å². The first kappa shape index (κ1) is 14.5. The van der Waals surface area contributed by atoms with E-state index in [4.69, 9.17) is 5.73 Å². The molecule has 0 radical (unpaired) electrons. The summed E-state index contributed by atoms with van der Waals surface area (Å²) in [4.78, 5) is 16.6. The van der Waals surface area contributed by atoms with Gasteiger partial charge in [0.1, 0.15) is 0 Å². The van der Waals surface area contributed by atoms with Crippen molar-refractivity contribution < 1.29 is 4.79 Å². The van der Waals surface area contributed by atoms with Crippen molar-refractivity contribution in [2.45, 2.75) is 58.2 Å². The van der Waals surface area contributed by atoms with E-state index in [1.165, 1.54) is 0 Å². The van der Waals surface area contributed by atoms with Crippen molar-refractivity contribution in [2.24, 2.45) is 5.73 Å². The smallest absolute Gasteiger partial charge is 0.239 e. The van der Waals surface area contributed by atoms with Gasteiger partial charge in [0.05, 0.1) is 6.04 Å². The van der Waals surface area contributed by atoms with E-state index in [2.05, 4.69) is 32.6 Å². The highest BCUT2D eigenvalue weighted by molar-refractivity contribution is 5.82. The molecular formula is C13H27N3O. The molecule has 0 saturated carbocycles. The molecule has 1 aliphatic rings. The van der Waals surface area contributed by atoms with Crippen LogP contribution in [-0.4, -0.2) is 53.5 Å². The summed E-state index contributed by atoms with van der Waals surface area (Å²) in [6.45, 7) is 10.2. The van der Waals surface area contributed by atoms with Crippen LogP contribution in [0.25, 0.3) is 0 Å². The summed E-state index contributed by atoms with van der Waals surface area (Å²) in [5, 5.41) is 0. The predicted molar refractivity (Wildman–Crippen MR) is 70.8 cm³/mol. The Morgan fingerprint density at radius 3 is 2.53 bits per heavy atom. The van der Waals surface area contributed by atoms with Crippen molar-refractivity contribution in [1.29, 1.82) is 0 Å². The van der Waals surface area contributed by atoms with Gasteiger partial charge >= 0.3 is 0 Å². The summed E-state index contributed by atoms with van der Waals surface area (Å²) in [7, 11) is 1.89. The summed E-state index contributed by atoms with van der Waals surface area (Å²) >= 11 is 0. The molecule has 4 heteroatoms. The average molecular weight is 241 g/mol. The van der Waals surface area contributed by atoms with Gasteiger partial charge in [-0.25, -0.2) is 0 Å². The Balaban J connectivity index is 3.08. The maximum absolute atomic E-state index is 12.4. The Kier molecular flexibility index (Phi) is 4.55. The Morgan fingerprint density at radius 1 is 1.47 bits per heavy atom. The minimum atomic E-state index is -0.0671. The van der Waals surface area contributed by atoms with Crippen LogP contribution in [0.3, 0.4) is 0 Å². The van der Waals surface area contributed by atoms with Crippen LogP contribution in [0.5, 0.6) is 0 Å². The van der Waals surface area contributed by atoms with E-state index in [9.17, 15) is 4.79 Å². The normalized spacial score (nSPS) is 26.4. The number of nitrogens with zero attached hydrogens (tertiary/aromatic N) is 2. The molecule has 1 aliphatic heterocycles. The topological polar surface area (TPSA) is 49.6 Å². The lowest BCUT2D eigenvalue weighted by molar-refractivity contribution is -0.136. The van der Waals surface area contributed by atoms with E-state index in [-0.39, 0.29) is 17.5 Å². The number of rotatable bonds is 3. The van der Waals surface area contributed by atoms with Gasteiger partial charge in [-0.1, -0.05) is 0 Å². The van der Waals surface area contributed by atoms with E-state index in [1.54, 1.807) is 0 Å². The lowest BCUT2D eigenvalue weighted by Gasteiger charge is -2.43. The molecule has 1 amide bonds. The SMILES string of the molecule is CC(C)N1C(CCN)C(=O)N(C)CCC1(C)C. The number of amides is 1. The summed E-state index contributed by atoms with van der Waals surface area (Å²) in [5.74, 6) is 0.217. The minimum absolute atomic E-state index is 0.0500. The summed E-state index contributed by atoms with van der Waals surface area (Å²) in [5.41, 5.74) is 5.72. The molecule has 0 aromatic carbocycles. The standard InChI is InChI=1S/C13H27N3O/c1-10(2)16-11(6-8-14)12(17)15(5)9-7-13(16,3)4/h10-11H,6-9,14H2,1-5H3. The lowest BCUT2D eigenvalue weighted by atomic mass is 9.94. The molecule has 0 spiro atoms. The average Bonchev–Trinajstić information content (AvgIpc) is 2.30. The maximum Gasteiger partial charge on any atom is 0.239 e. The molecule has 1 atom stereocenters. The fourth-order valence-corrected chi connectivity index (χ4v) is 2.96. The van der Waals surface area contributed by atoms with Gasteiger partial charge in [0, 0.05) is 25.2 Å². The van der Waals surface area contributed by atoms with E-state index in [0.29, 0.717) is 12.6 Å². The van der Waals surface area contributed by atoms with Crippen LogP contribution < -0.4 is 5.73 Å². The highest BCUT2D eigenvalue weighted by Crippen LogP contribution is 2.29. The van der Waals surface area contributed by atoms with E-state index in [0.717, 1.165) is 19.4 Å². The van der Waals surface area contributed by atoms with Crippen LogP contribution in [0, 0.1) is 0 Å². The second kappa shape index (κ2) is 5.36. The fraction of sp³-hybridized carbons (Fsp3) is 0.923. The van der Waals surface area contributed by atoms with Crippen molar-refractivity contribution in [1.82, 2.24) is 9.80 Å². The van der Waals surface area contributed by atoms with Gasteiger partial charge in [0.25, 0.3) is 0 Å². The highest BCUT2D eigenvalue weighted by atomic mass is 16.2. The Hall–Kier alpha value is -0.610. The monoisotopic (exact) mass is 241 g/mol. The molecule has 1 fully saturated rings. The molecule has 0 aliphatic carbocycles. The summed E-state index contributed by atoms with van der Waals surface area (Å²) < 4.78 is 0. The molecule has 0 aromatic heterocycles. The van der Waals surface area contributed by atoms with Gasteiger partial charge in [-0.15, -0.1) is 0 Å². The third kappa shape index (κ3) is 2.99. The number of hydrogen-bond donors (Lipinski definition) is 1. The highest BCUT2D eigenvalue weighted by Gasteiger charge is 2.41. The Labute approximate surface area is 105 Å². The molecule has 4 nitrogen and oxygen atoms in total. The summed E-state index contributed by atoms with van der Waals surface area (Å²) in [6, 6.07) is 0.291. The summed E-state index contributed by atoms with van der Waals surface area (Å²) in [6.07, 6.45) is 1.75. The van der Waals surface area contributed by atoms with E-state index in [1.807, 2.05) is 11.9 Å². The number of likely N-dealkylation sites (N-methyl/N-ethyl adjacent to an activating group) is 1. The second-order valence-corrected chi connectivity index (χ2v) is 5.92. The predicted octanol–water partition coefficient (Wildman–Crippen LogP) is 1.05. The third-order valence-electron chi connectivity index (χ3n) is 3.75. The van der Waals surface area contributed by atoms with Crippen LogP contribution in [0.2, 0.25) is 0 Å². The molecule has 1 heterocycles. The molecule has 17 heavy (non-hydrogen) atoms. The maximum atomic E-state index is 12.4. The number of hydrogen-bond acceptors (Lipinski definition) is 3. The zero-order chi connectivity index (χ0) is 13.2. The molecule has 100 valence electrons. The van der Waals surface area contributed by atoms with Crippen LogP contribution in [0.1, 0.15) is 40.5 Å². The second-order valence-electron chi connectivity index (χ2n) is 5.92. The van der Waals surface area contributed by atoms with E-state index < -0.39 is 0 Å². The molecule has 1 saturated heterocycles. The van der Waals surface area contributed by atoms with Crippen molar-refractivity contribution in [3.05, 3.63) is 0 Å². The molecule has 1 unspecified atom stereocenters. The molecule has 1 rings (SSSR count). The molecule has 0 aromatic rings. The number of nitrogens with two attached hydrogens (primary N) is 1. The van der Waals surface area contributed by atoms with Crippen LogP contribution in [-0.2, 0) is 4.79 Å². The third-order valence-corrected chi connectivity index (χ3v) is 3.75. The largest absolute Gasteiger partial charge is 0.344 e. The van der Waals surface area contributed by atoms with E-state index >= 15 is 0 Å². The van der Waals surface area contributed by atoms with Gasteiger partial charge < -0.3 is 10.6 Å². The van der Waals surface area contributed by atoms with Gasteiger partial charge in [0.15, 0.2) is 0 Å². The lowest BCUT2D eigenvalue weighted by Crippen LogP contribution is -2.56. The van der Waals surface area contributed by atoms with Gasteiger partial charge in [-0.3, -0.25) is 9.69 Å². The minimum Gasteiger partial charge on any atom is -0.344 e.